The summed E-state index contributed by atoms with van der Waals surface area (Å²) in [4.78, 5) is 30.7. The lowest BCUT2D eigenvalue weighted by Gasteiger charge is -2.25. The van der Waals surface area contributed by atoms with E-state index >= 15 is 0 Å². The number of fused-ring (bicyclic) bond motifs is 1. The van der Waals surface area contributed by atoms with E-state index < -0.39 is 6.04 Å². The summed E-state index contributed by atoms with van der Waals surface area (Å²) in [7, 11) is 0. The SMILES string of the molecule is CC1C(=O)Nc2ccccc2CN1C(=O)c1cncs1. The van der Waals surface area contributed by atoms with E-state index in [1.165, 1.54) is 17.5 Å². The molecule has 1 aromatic carbocycles. The number of aromatic nitrogens is 1. The van der Waals surface area contributed by atoms with Gasteiger partial charge in [0.05, 0.1) is 11.7 Å². The molecule has 6 heteroatoms. The summed E-state index contributed by atoms with van der Waals surface area (Å²) in [5.74, 6) is -0.334. The van der Waals surface area contributed by atoms with Crippen LogP contribution < -0.4 is 5.32 Å². The molecule has 0 saturated heterocycles. The van der Waals surface area contributed by atoms with Crippen LogP contribution in [0.5, 0.6) is 0 Å². The molecule has 20 heavy (non-hydrogen) atoms. The highest BCUT2D eigenvalue weighted by atomic mass is 32.1. The van der Waals surface area contributed by atoms with Crippen LogP contribution in [0.2, 0.25) is 0 Å². The molecule has 1 atom stereocenters. The third kappa shape index (κ3) is 2.18. The van der Waals surface area contributed by atoms with E-state index in [1.807, 2.05) is 24.3 Å². The Morgan fingerprint density at radius 1 is 1.45 bits per heavy atom. The average molecular weight is 287 g/mol. The number of anilines is 1. The largest absolute Gasteiger partial charge is 0.324 e. The minimum atomic E-state index is -0.517. The van der Waals surface area contributed by atoms with Gasteiger partial charge in [-0.25, -0.2) is 0 Å². The van der Waals surface area contributed by atoms with Crippen molar-refractivity contribution in [1.29, 1.82) is 0 Å². The molecule has 5 nitrogen and oxygen atoms in total. The Labute approximate surface area is 120 Å². The lowest BCUT2D eigenvalue weighted by Crippen LogP contribution is -2.43. The van der Waals surface area contributed by atoms with E-state index in [2.05, 4.69) is 10.3 Å². The summed E-state index contributed by atoms with van der Waals surface area (Å²) in [6.07, 6.45) is 1.54. The van der Waals surface area contributed by atoms with Crippen LogP contribution in [0.4, 0.5) is 5.69 Å². The molecule has 0 bridgehead atoms. The summed E-state index contributed by atoms with van der Waals surface area (Å²) < 4.78 is 0. The van der Waals surface area contributed by atoms with Gasteiger partial charge in [0.1, 0.15) is 10.9 Å². The molecule has 3 rings (SSSR count). The van der Waals surface area contributed by atoms with E-state index in [9.17, 15) is 9.59 Å². The maximum Gasteiger partial charge on any atom is 0.266 e. The molecule has 0 spiro atoms. The Bertz CT molecular complexity index is 654. The fraction of sp³-hybridized carbons (Fsp3) is 0.214. The van der Waals surface area contributed by atoms with Crippen LogP contribution >= 0.6 is 11.3 Å². The minimum absolute atomic E-state index is 0.160. The van der Waals surface area contributed by atoms with Gasteiger partial charge in [-0.2, -0.15) is 0 Å². The van der Waals surface area contributed by atoms with Crippen molar-refractivity contribution in [2.45, 2.75) is 19.5 Å². The topological polar surface area (TPSA) is 62.3 Å². The number of para-hydroxylation sites is 1. The predicted molar refractivity (Wildman–Crippen MR) is 76.5 cm³/mol. The molecule has 1 N–H and O–H groups in total. The summed E-state index contributed by atoms with van der Waals surface area (Å²) in [6, 6.07) is 7.01. The van der Waals surface area contributed by atoms with Gasteiger partial charge in [-0.05, 0) is 18.6 Å². The molecule has 2 aromatic rings. The molecule has 1 unspecified atom stereocenters. The number of hydrogen-bond donors (Lipinski definition) is 1. The highest BCUT2D eigenvalue weighted by Crippen LogP contribution is 2.24. The van der Waals surface area contributed by atoms with Crippen molar-refractivity contribution in [2.75, 3.05) is 5.32 Å². The second-order valence-electron chi connectivity index (χ2n) is 4.62. The van der Waals surface area contributed by atoms with Crippen molar-refractivity contribution in [3.63, 3.8) is 0 Å². The number of benzene rings is 1. The van der Waals surface area contributed by atoms with Gasteiger partial charge in [-0.15, -0.1) is 11.3 Å². The standard InChI is InChI=1S/C14H13N3O2S/c1-9-13(18)16-11-5-3-2-4-10(11)7-17(9)14(19)12-6-15-8-20-12/h2-6,8-9H,7H2,1H3,(H,16,18). The molecule has 1 aromatic heterocycles. The smallest absolute Gasteiger partial charge is 0.266 e. The van der Waals surface area contributed by atoms with Crippen LogP contribution in [0.3, 0.4) is 0 Å². The Kier molecular flexibility index (Phi) is 3.23. The number of thiazole rings is 1. The first-order valence-corrected chi connectivity index (χ1v) is 7.13. The summed E-state index contributed by atoms with van der Waals surface area (Å²) in [6.45, 7) is 2.15. The number of nitrogens with zero attached hydrogens (tertiary/aromatic N) is 2. The molecule has 0 fully saturated rings. The maximum absolute atomic E-state index is 12.5. The van der Waals surface area contributed by atoms with E-state index in [4.69, 9.17) is 0 Å². The van der Waals surface area contributed by atoms with Gasteiger partial charge in [0.25, 0.3) is 5.91 Å². The van der Waals surface area contributed by atoms with Crippen molar-refractivity contribution < 1.29 is 9.59 Å². The first-order chi connectivity index (χ1) is 9.66. The molecule has 102 valence electrons. The summed E-state index contributed by atoms with van der Waals surface area (Å²) in [5, 5.41) is 2.86. The van der Waals surface area contributed by atoms with Crippen LogP contribution in [0.25, 0.3) is 0 Å². The van der Waals surface area contributed by atoms with Gasteiger partial charge in [0.15, 0.2) is 0 Å². The van der Waals surface area contributed by atoms with Crippen LogP contribution in [0, 0.1) is 0 Å². The van der Waals surface area contributed by atoms with Crippen molar-refractivity contribution in [3.8, 4) is 0 Å². The number of hydrogen-bond acceptors (Lipinski definition) is 4. The van der Waals surface area contributed by atoms with Crippen LogP contribution in [0.15, 0.2) is 36.0 Å². The van der Waals surface area contributed by atoms with Crippen molar-refractivity contribution in [2.24, 2.45) is 0 Å². The zero-order valence-electron chi connectivity index (χ0n) is 10.9. The molecular formula is C14H13N3O2S. The van der Waals surface area contributed by atoms with Crippen molar-refractivity contribution in [1.82, 2.24) is 9.88 Å². The highest BCUT2D eigenvalue weighted by Gasteiger charge is 2.31. The average Bonchev–Trinajstić information content (AvgIpc) is 2.95. The molecular weight excluding hydrogens is 274 g/mol. The van der Waals surface area contributed by atoms with Crippen molar-refractivity contribution in [3.05, 3.63) is 46.4 Å². The zero-order chi connectivity index (χ0) is 14.1. The first-order valence-electron chi connectivity index (χ1n) is 6.25. The lowest BCUT2D eigenvalue weighted by atomic mass is 10.1. The predicted octanol–water partition coefficient (Wildman–Crippen LogP) is 2.13. The van der Waals surface area contributed by atoms with Gasteiger partial charge in [-0.1, -0.05) is 18.2 Å². The molecule has 2 amide bonds. The van der Waals surface area contributed by atoms with E-state index in [0.29, 0.717) is 11.4 Å². The Balaban J connectivity index is 1.98. The minimum Gasteiger partial charge on any atom is -0.324 e. The monoisotopic (exact) mass is 287 g/mol. The van der Waals surface area contributed by atoms with Gasteiger partial charge in [0, 0.05) is 12.2 Å². The van der Waals surface area contributed by atoms with E-state index in [1.54, 1.807) is 17.3 Å². The van der Waals surface area contributed by atoms with Gasteiger partial charge < -0.3 is 10.2 Å². The number of rotatable bonds is 1. The molecule has 0 aliphatic carbocycles. The fourth-order valence-electron chi connectivity index (χ4n) is 2.19. The van der Waals surface area contributed by atoms with E-state index in [0.717, 1.165) is 11.3 Å². The Morgan fingerprint density at radius 2 is 2.25 bits per heavy atom. The van der Waals surface area contributed by atoms with Gasteiger partial charge in [0.2, 0.25) is 5.91 Å². The Hall–Kier alpha value is -2.21. The van der Waals surface area contributed by atoms with Crippen LogP contribution in [-0.4, -0.2) is 27.7 Å². The molecule has 1 aliphatic heterocycles. The fourth-order valence-corrected chi connectivity index (χ4v) is 2.76. The third-order valence-electron chi connectivity index (χ3n) is 3.37. The number of carbonyl (C=O) groups excluding carboxylic acids is 2. The number of amides is 2. The zero-order valence-corrected chi connectivity index (χ0v) is 11.7. The van der Waals surface area contributed by atoms with Crippen LogP contribution in [-0.2, 0) is 11.3 Å². The highest BCUT2D eigenvalue weighted by molar-refractivity contribution is 7.11. The van der Waals surface area contributed by atoms with Gasteiger partial charge in [-0.3, -0.25) is 14.6 Å². The second kappa shape index (κ2) is 5.05. The van der Waals surface area contributed by atoms with E-state index in [-0.39, 0.29) is 11.8 Å². The summed E-state index contributed by atoms with van der Waals surface area (Å²) in [5.41, 5.74) is 3.32. The molecule has 0 saturated carbocycles. The van der Waals surface area contributed by atoms with Gasteiger partial charge >= 0.3 is 0 Å². The lowest BCUT2D eigenvalue weighted by molar-refractivity contribution is -0.119. The van der Waals surface area contributed by atoms with Crippen molar-refractivity contribution >= 4 is 28.8 Å². The molecule has 1 aliphatic rings. The molecule has 0 radical (unpaired) electrons. The summed E-state index contributed by atoms with van der Waals surface area (Å²) >= 11 is 1.28. The first kappa shape index (κ1) is 12.8. The second-order valence-corrected chi connectivity index (χ2v) is 5.51. The third-order valence-corrected chi connectivity index (χ3v) is 4.13. The Morgan fingerprint density at radius 3 is 3.00 bits per heavy atom. The quantitative estimate of drug-likeness (QED) is 0.874. The normalized spacial score (nSPS) is 18.1. The molecule has 2 heterocycles. The maximum atomic E-state index is 12.5. The number of carbonyl (C=O) groups is 2. The number of nitrogens with one attached hydrogen (secondary N) is 1. The van der Waals surface area contributed by atoms with Crippen LogP contribution in [0.1, 0.15) is 22.2 Å².